The van der Waals surface area contributed by atoms with E-state index in [1.54, 1.807) is 45.9 Å². The van der Waals surface area contributed by atoms with Gasteiger partial charge in [-0.25, -0.2) is 9.07 Å². The van der Waals surface area contributed by atoms with Crippen LogP contribution >= 0.6 is 23.4 Å². The number of halogens is 2. The molecule has 0 aliphatic carbocycles. The summed E-state index contributed by atoms with van der Waals surface area (Å²) >= 11 is 7.66. The molecule has 6 rings (SSSR count). The zero-order valence-electron chi connectivity index (χ0n) is 22.8. The summed E-state index contributed by atoms with van der Waals surface area (Å²) in [7, 11) is 1.59. The Labute approximate surface area is 252 Å². The first-order valence-electron chi connectivity index (χ1n) is 13.5. The van der Waals surface area contributed by atoms with Crippen LogP contribution in [0, 0.1) is 5.82 Å². The number of aromatic nitrogens is 2. The molecule has 216 valence electrons. The van der Waals surface area contributed by atoms with Crippen LogP contribution in [-0.2, 0) is 14.3 Å². The zero-order valence-corrected chi connectivity index (χ0v) is 24.4. The normalized spacial score (nSPS) is 17.1. The smallest absolute Gasteiger partial charge is 0.242 e. The van der Waals surface area contributed by atoms with Gasteiger partial charge in [-0.3, -0.25) is 14.5 Å². The third-order valence-corrected chi connectivity index (χ3v) is 8.86. The Morgan fingerprint density at radius 1 is 1.05 bits per heavy atom. The topological polar surface area (TPSA) is 76.9 Å². The van der Waals surface area contributed by atoms with Crippen molar-refractivity contribution in [3.8, 4) is 22.7 Å². The van der Waals surface area contributed by atoms with E-state index < -0.39 is 0 Å². The number of fused-ring (bicyclic) bond motifs is 1. The second-order valence-corrected chi connectivity index (χ2v) is 11.4. The molecule has 4 aromatic rings. The number of ether oxygens (including phenoxy) is 2. The number of anilines is 1. The number of carbonyl (C=O) groups is 2. The Morgan fingerprint density at radius 2 is 1.74 bits per heavy atom. The Kier molecular flexibility index (Phi) is 8.19. The lowest BCUT2D eigenvalue weighted by molar-refractivity contribution is -0.134. The monoisotopic (exact) mass is 606 g/mol. The van der Waals surface area contributed by atoms with Crippen molar-refractivity contribution in [2.24, 2.45) is 0 Å². The molecule has 11 heteroatoms. The number of carbonyl (C=O) groups excluding carboxylic acids is 2. The summed E-state index contributed by atoms with van der Waals surface area (Å²) in [5, 5.41) is 5.27. The molecule has 0 radical (unpaired) electrons. The third kappa shape index (κ3) is 5.62. The fourth-order valence-corrected chi connectivity index (χ4v) is 6.52. The van der Waals surface area contributed by atoms with Gasteiger partial charge in [0.05, 0.1) is 42.7 Å². The Hall–Kier alpha value is -3.86. The van der Waals surface area contributed by atoms with E-state index in [-0.39, 0.29) is 35.2 Å². The standard InChI is InChI=1S/C31H28ClFN4O4S/c1-40-25-12-10-24(11-13-25)37-31-28(29(34-37)20-2-6-22(32)7-3-20)30(21-4-8-23(33)9-5-21)42-19-27(39)36(31)18-26(38)35-14-16-41-17-15-35/h2-13,30H,14-19H2,1H3. The van der Waals surface area contributed by atoms with E-state index in [9.17, 15) is 14.0 Å². The number of hydrogen-bond donors (Lipinski definition) is 0. The molecule has 3 aromatic carbocycles. The van der Waals surface area contributed by atoms with Crippen LogP contribution in [-0.4, -0.2) is 72.2 Å². The van der Waals surface area contributed by atoms with Gasteiger partial charge in [-0.2, -0.15) is 5.10 Å². The van der Waals surface area contributed by atoms with E-state index >= 15 is 0 Å². The van der Waals surface area contributed by atoms with E-state index in [2.05, 4.69) is 0 Å². The zero-order chi connectivity index (χ0) is 29.2. The second kappa shape index (κ2) is 12.2. The molecule has 0 saturated carbocycles. The van der Waals surface area contributed by atoms with E-state index in [0.717, 1.165) is 16.7 Å². The minimum Gasteiger partial charge on any atom is -0.497 e. The molecule has 1 unspecified atom stereocenters. The highest BCUT2D eigenvalue weighted by molar-refractivity contribution is 8.00. The maximum atomic E-state index is 14.0. The third-order valence-electron chi connectivity index (χ3n) is 7.35. The van der Waals surface area contributed by atoms with Crippen LogP contribution in [0.15, 0.2) is 72.8 Å². The number of nitrogens with zero attached hydrogens (tertiary/aromatic N) is 4. The highest BCUT2D eigenvalue weighted by Crippen LogP contribution is 2.48. The van der Waals surface area contributed by atoms with Gasteiger partial charge in [0.25, 0.3) is 0 Å². The lowest BCUT2D eigenvalue weighted by Crippen LogP contribution is -2.48. The van der Waals surface area contributed by atoms with Crippen molar-refractivity contribution in [3.05, 3.63) is 94.8 Å². The average Bonchev–Trinajstić information content (AvgIpc) is 3.34. The number of morpholine rings is 1. The molecule has 42 heavy (non-hydrogen) atoms. The summed E-state index contributed by atoms with van der Waals surface area (Å²) in [4.78, 5) is 30.7. The molecule has 1 atom stereocenters. The summed E-state index contributed by atoms with van der Waals surface area (Å²) in [6, 6.07) is 21.0. The van der Waals surface area contributed by atoms with E-state index in [0.29, 0.717) is 54.3 Å². The Balaban J connectivity index is 1.58. The number of benzene rings is 3. The van der Waals surface area contributed by atoms with Crippen LogP contribution in [0.2, 0.25) is 5.02 Å². The van der Waals surface area contributed by atoms with E-state index in [4.69, 9.17) is 26.2 Å². The summed E-state index contributed by atoms with van der Waals surface area (Å²) in [6.45, 7) is 1.70. The quantitative estimate of drug-likeness (QED) is 0.294. The summed E-state index contributed by atoms with van der Waals surface area (Å²) in [5.74, 6) is 0.554. The summed E-state index contributed by atoms with van der Waals surface area (Å²) in [5.41, 5.74) is 3.70. The fraction of sp³-hybridized carbons (Fsp3) is 0.258. The highest BCUT2D eigenvalue weighted by Gasteiger charge is 2.38. The van der Waals surface area contributed by atoms with Gasteiger partial charge < -0.3 is 14.4 Å². The molecule has 8 nitrogen and oxygen atoms in total. The van der Waals surface area contributed by atoms with Crippen molar-refractivity contribution in [1.82, 2.24) is 14.7 Å². The van der Waals surface area contributed by atoms with Gasteiger partial charge in [-0.15, -0.1) is 11.8 Å². The highest BCUT2D eigenvalue weighted by atomic mass is 35.5. The van der Waals surface area contributed by atoms with Crippen molar-refractivity contribution in [2.45, 2.75) is 5.25 Å². The maximum absolute atomic E-state index is 14.0. The average molecular weight is 607 g/mol. The summed E-state index contributed by atoms with van der Waals surface area (Å²) < 4.78 is 26.5. The molecule has 1 aromatic heterocycles. The Bertz CT molecular complexity index is 1590. The first-order valence-corrected chi connectivity index (χ1v) is 14.9. The first-order chi connectivity index (χ1) is 20.4. The molecular weight excluding hydrogens is 579 g/mol. The maximum Gasteiger partial charge on any atom is 0.242 e. The van der Waals surface area contributed by atoms with E-state index in [1.165, 1.54) is 23.9 Å². The molecule has 2 aliphatic heterocycles. The fourth-order valence-electron chi connectivity index (χ4n) is 5.19. The number of rotatable bonds is 6. The number of methoxy groups -OCH3 is 1. The van der Waals surface area contributed by atoms with Crippen LogP contribution in [0.5, 0.6) is 5.75 Å². The van der Waals surface area contributed by atoms with Crippen molar-refractivity contribution >= 4 is 41.0 Å². The van der Waals surface area contributed by atoms with Crippen LogP contribution in [0.3, 0.4) is 0 Å². The predicted molar refractivity (Wildman–Crippen MR) is 161 cm³/mol. The van der Waals surface area contributed by atoms with Gasteiger partial charge in [-0.1, -0.05) is 35.9 Å². The number of amides is 2. The second-order valence-electron chi connectivity index (χ2n) is 9.92. The van der Waals surface area contributed by atoms with Crippen LogP contribution in [0.25, 0.3) is 16.9 Å². The molecule has 2 aliphatic rings. The Morgan fingerprint density at radius 3 is 2.40 bits per heavy atom. The number of thioether (sulfide) groups is 1. The van der Waals surface area contributed by atoms with E-state index in [1.807, 2.05) is 36.4 Å². The molecule has 2 amide bonds. The number of hydrogen-bond acceptors (Lipinski definition) is 6. The molecule has 1 fully saturated rings. The van der Waals surface area contributed by atoms with Crippen molar-refractivity contribution in [2.75, 3.05) is 50.6 Å². The van der Waals surface area contributed by atoms with Crippen molar-refractivity contribution < 1.29 is 23.5 Å². The molecule has 0 N–H and O–H groups in total. The minimum atomic E-state index is -0.370. The van der Waals surface area contributed by atoms with Crippen molar-refractivity contribution in [3.63, 3.8) is 0 Å². The lowest BCUT2D eigenvalue weighted by atomic mass is 9.99. The van der Waals surface area contributed by atoms with Crippen molar-refractivity contribution in [1.29, 1.82) is 0 Å². The van der Waals surface area contributed by atoms with Gasteiger partial charge in [-0.05, 0) is 54.1 Å². The lowest BCUT2D eigenvalue weighted by Gasteiger charge is -2.30. The molecule has 0 bridgehead atoms. The predicted octanol–water partition coefficient (Wildman–Crippen LogP) is 5.37. The largest absolute Gasteiger partial charge is 0.497 e. The van der Waals surface area contributed by atoms with Gasteiger partial charge in [0.1, 0.15) is 23.9 Å². The molecular formula is C31H28ClFN4O4S. The van der Waals surface area contributed by atoms with Gasteiger partial charge in [0.15, 0.2) is 0 Å². The molecule has 1 saturated heterocycles. The minimum absolute atomic E-state index is 0.121. The van der Waals surface area contributed by atoms with Gasteiger partial charge in [0, 0.05) is 29.2 Å². The first kappa shape index (κ1) is 28.3. The molecule has 3 heterocycles. The van der Waals surface area contributed by atoms with Gasteiger partial charge in [0.2, 0.25) is 11.8 Å². The van der Waals surface area contributed by atoms with Gasteiger partial charge >= 0.3 is 0 Å². The van der Waals surface area contributed by atoms with Crippen LogP contribution in [0.1, 0.15) is 16.4 Å². The van der Waals surface area contributed by atoms with Crippen LogP contribution in [0.4, 0.5) is 10.2 Å². The SMILES string of the molecule is COc1ccc(-n2nc(-c3ccc(Cl)cc3)c3c2N(CC(=O)N2CCOCC2)C(=O)CSC3c2ccc(F)cc2)cc1. The van der Waals surface area contributed by atoms with Crippen LogP contribution < -0.4 is 9.64 Å². The summed E-state index contributed by atoms with van der Waals surface area (Å²) in [6.07, 6.45) is 0. The molecule has 0 spiro atoms.